The number of hydrogen-bond donors (Lipinski definition) is 0. The first-order valence-electron chi connectivity index (χ1n) is 7.17. The van der Waals surface area contributed by atoms with Crippen LogP contribution in [0, 0.1) is 16.7 Å². The third kappa shape index (κ3) is 3.26. The summed E-state index contributed by atoms with van der Waals surface area (Å²) in [7, 11) is 0. The fourth-order valence-corrected chi connectivity index (χ4v) is 4.43. The lowest BCUT2D eigenvalue weighted by atomic mass is 9.53. The molecule has 1 unspecified atom stereocenters. The first kappa shape index (κ1) is 16.4. The number of nitrogens with zero attached hydrogens (tertiary/aromatic N) is 1. The van der Waals surface area contributed by atoms with E-state index in [0.29, 0.717) is 5.92 Å². The van der Waals surface area contributed by atoms with E-state index in [0.717, 1.165) is 19.3 Å². The van der Waals surface area contributed by atoms with E-state index in [1.54, 1.807) is 6.20 Å². The molecule has 2 aliphatic carbocycles. The Morgan fingerprint density at radius 3 is 2.65 bits per heavy atom. The number of alkyl halides is 1. The second kappa shape index (κ2) is 6.02. The van der Waals surface area contributed by atoms with E-state index in [1.807, 2.05) is 6.08 Å². The summed E-state index contributed by atoms with van der Waals surface area (Å²) in [6.45, 7) is 7.00. The Morgan fingerprint density at radius 2 is 2.00 bits per heavy atom. The third-order valence-corrected chi connectivity index (χ3v) is 6.11. The van der Waals surface area contributed by atoms with Gasteiger partial charge in [0.2, 0.25) is 0 Å². The molecule has 0 aromatic carbocycles. The number of hydrogen-bond acceptors (Lipinski definition) is 1. The van der Waals surface area contributed by atoms with Gasteiger partial charge >= 0.3 is 0 Å². The Hall–Kier alpha value is 0.0200. The van der Waals surface area contributed by atoms with E-state index < -0.39 is 0 Å². The molecule has 0 saturated heterocycles. The molecule has 0 bridgehead atoms. The van der Waals surface area contributed by atoms with Crippen molar-refractivity contribution in [3.05, 3.63) is 23.9 Å². The van der Waals surface area contributed by atoms with Crippen molar-refractivity contribution in [2.45, 2.75) is 51.8 Å². The van der Waals surface area contributed by atoms with E-state index in [9.17, 15) is 0 Å². The van der Waals surface area contributed by atoms with Crippen molar-refractivity contribution < 1.29 is 0 Å². The fraction of sp³-hybridized carbons (Fsp3) is 0.688. The molecule has 0 aromatic rings. The van der Waals surface area contributed by atoms with Crippen molar-refractivity contribution in [1.29, 1.82) is 0 Å². The topological polar surface area (TPSA) is 12.4 Å². The number of aliphatic imine (C=N–C) groups is 1. The van der Waals surface area contributed by atoms with Crippen molar-refractivity contribution in [3.63, 3.8) is 0 Å². The van der Waals surface area contributed by atoms with Gasteiger partial charge in [-0.05, 0) is 77.3 Å². The highest BCUT2D eigenvalue weighted by atomic mass is 35.5. The van der Waals surface area contributed by atoms with Gasteiger partial charge in [-0.3, -0.25) is 0 Å². The second-order valence-corrected chi connectivity index (χ2v) is 8.27. The fourth-order valence-electron chi connectivity index (χ4n) is 4.05. The van der Waals surface area contributed by atoms with Crippen LogP contribution in [-0.2, 0) is 0 Å². The Kier molecular flexibility index (Phi) is 4.94. The minimum absolute atomic E-state index is 0.0468. The van der Waals surface area contributed by atoms with Gasteiger partial charge in [0.15, 0.2) is 4.63 Å². The molecule has 20 heavy (non-hydrogen) atoms. The van der Waals surface area contributed by atoms with Crippen LogP contribution in [0.1, 0.15) is 46.5 Å². The molecule has 0 spiro atoms. The molecule has 1 nitrogen and oxygen atoms in total. The minimum atomic E-state index is 0.0468. The number of halogens is 3. The molecular weight excluding hydrogens is 313 g/mol. The lowest BCUT2D eigenvalue weighted by Gasteiger charge is -2.54. The molecule has 3 atom stereocenters. The molecular formula is C16H22Cl3N. The van der Waals surface area contributed by atoms with Crippen molar-refractivity contribution in [2.75, 3.05) is 0 Å². The summed E-state index contributed by atoms with van der Waals surface area (Å²) >= 11 is 17.6. The first-order valence-corrected chi connectivity index (χ1v) is 8.36. The molecule has 0 aromatic heterocycles. The molecule has 0 heterocycles. The summed E-state index contributed by atoms with van der Waals surface area (Å²) in [5.41, 5.74) is 1.75. The van der Waals surface area contributed by atoms with Crippen molar-refractivity contribution >= 4 is 39.4 Å². The molecule has 4 heteroatoms. The maximum absolute atomic E-state index is 6.56. The van der Waals surface area contributed by atoms with Gasteiger partial charge in [-0.2, -0.15) is 0 Å². The van der Waals surface area contributed by atoms with Crippen LogP contribution >= 0.6 is 34.8 Å². The quantitative estimate of drug-likeness (QED) is 0.427. The minimum Gasteiger partial charge on any atom is -0.233 e. The van der Waals surface area contributed by atoms with Gasteiger partial charge in [0, 0.05) is 11.6 Å². The summed E-state index contributed by atoms with van der Waals surface area (Å²) in [5, 5.41) is 0.283. The van der Waals surface area contributed by atoms with Gasteiger partial charge in [-0.1, -0.05) is 26.8 Å². The maximum Gasteiger partial charge on any atom is 0.196 e. The Labute approximate surface area is 137 Å². The average molecular weight is 335 g/mol. The summed E-state index contributed by atoms with van der Waals surface area (Å²) in [5.74, 6) is 0.642. The lowest BCUT2D eigenvalue weighted by molar-refractivity contribution is 0.0262. The molecule has 2 rings (SSSR count). The zero-order valence-corrected chi connectivity index (χ0v) is 14.6. The molecule has 0 radical (unpaired) electrons. The summed E-state index contributed by atoms with van der Waals surface area (Å²) < 4.78 is 0.0468. The van der Waals surface area contributed by atoms with Crippen LogP contribution < -0.4 is 0 Å². The highest BCUT2D eigenvalue weighted by molar-refractivity contribution is 6.95. The predicted molar refractivity (Wildman–Crippen MR) is 89.9 cm³/mol. The van der Waals surface area contributed by atoms with Gasteiger partial charge < -0.3 is 0 Å². The van der Waals surface area contributed by atoms with Crippen LogP contribution in [0.5, 0.6) is 0 Å². The maximum atomic E-state index is 6.56. The Morgan fingerprint density at radius 1 is 1.30 bits per heavy atom. The van der Waals surface area contributed by atoms with Crippen molar-refractivity contribution in [3.8, 4) is 0 Å². The van der Waals surface area contributed by atoms with Crippen molar-refractivity contribution in [1.82, 2.24) is 0 Å². The van der Waals surface area contributed by atoms with Gasteiger partial charge in [-0.25, -0.2) is 4.99 Å². The lowest BCUT2D eigenvalue weighted by Crippen LogP contribution is -2.48. The first-order chi connectivity index (χ1) is 9.25. The zero-order valence-electron chi connectivity index (χ0n) is 12.3. The normalized spacial score (nSPS) is 36.4. The van der Waals surface area contributed by atoms with Gasteiger partial charge in [0.25, 0.3) is 0 Å². The monoisotopic (exact) mass is 333 g/mol. The van der Waals surface area contributed by atoms with Crippen LogP contribution in [0.3, 0.4) is 0 Å². The summed E-state index contributed by atoms with van der Waals surface area (Å²) in [6.07, 6.45) is 10.6. The predicted octanol–water partition coefficient (Wildman–Crippen LogP) is 6.10. The second-order valence-electron chi connectivity index (χ2n) is 6.83. The van der Waals surface area contributed by atoms with Crippen LogP contribution in [0.2, 0.25) is 0 Å². The molecule has 0 aliphatic heterocycles. The SMILES string of the molecule is CC1(C)C2CCC(/C=C/N=C(Cl)Cl)=C[C@@]2(C)CC[C@@H]1Cl. The Bertz CT molecular complexity index is 460. The summed E-state index contributed by atoms with van der Waals surface area (Å²) in [6, 6.07) is 0. The van der Waals surface area contributed by atoms with E-state index in [1.165, 1.54) is 12.0 Å². The highest BCUT2D eigenvalue weighted by Crippen LogP contribution is 2.57. The third-order valence-electron chi connectivity index (χ3n) is 5.14. The number of fused-ring (bicyclic) bond motifs is 1. The highest BCUT2D eigenvalue weighted by Gasteiger charge is 2.50. The molecule has 1 fully saturated rings. The van der Waals surface area contributed by atoms with Crippen LogP contribution in [0.15, 0.2) is 28.9 Å². The van der Waals surface area contributed by atoms with Crippen LogP contribution in [0.25, 0.3) is 0 Å². The smallest absolute Gasteiger partial charge is 0.196 e. The molecule has 0 amide bonds. The van der Waals surface area contributed by atoms with Crippen LogP contribution in [-0.4, -0.2) is 10.0 Å². The van der Waals surface area contributed by atoms with E-state index in [-0.39, 0.29) is 20.8 Å². The van der Waals surface area contributed by atoms with Crippen LogP contribution in [0.4, 0.5) is 0 Å². The number of rotatable bonds is 2. The molecule has 0 N–H and O–H groups in total. The van der Waals surface area contributed by atoms with Crippen molar-refractivity contribution in [2.24, 2.45) is 21.7 Å². The van der Waals surface area contributed by atoms with Gasteiger partial charge in [0.1, 0.15) is 0 Å². The van der Waals surface area contributed by atoms with E-state index >= 15 is 0 Å². The van der Waals surface area contributed by atoms with Gasteiger partial charge in [-0.15, -0.1) is 11.6 Å². The zero-order chi connectivity index (χ0) is 15.0. The number of allylic oxidation sites excluding steroid dienone is 3. The van der Waals surface area contributed by atoms with E-state index in [4.69, 9.17) is 34.8 Å². The Balaban J connectivity index is 2.22. The van der Waals surface area contributed by atoms with Gasteiger partial charge in [0.05, 0.1) is 0 Å². The molecule has 1 saturated carbocycles. The molecule has 112 valence electrons. The summed E-state index contributed by atoms with van der Waals surface area (Å²) in [4.78, 5) is 3.89. The van der Waals surface area contributed by atoms with E-state index in [2.05, 4.69) is 31.8 Å². The average Bonchev–Trinajstić information content (AvgIpc) is 2.34. The standard InChI is InChI=1S/C16H22Cl3N/c1-15(2)12-5-4-11(7-9-20-14(18)19)10-16(12,3)8-6-13(15)17/h7,9-10,12-13H,4-6,8H2,1-3H3/b9-7+/t12?,13-,16+/m0/s1. The largest absolute Gasteiger partial charge is 0.233 e. The molecule has 2 aliphatic rings.